The highest BCUT2D eigenvalue weighted by Gasteiger charge is 2.03. The van der Waals surface area contributed by atoms with Crippen LogP contribution in [0, 0.1) is 0 Å². The van der Waals surface area contributed by atoms with Gasteiger partial charge in [0.1, 0.15) is 0 Å². The van der Waals surface area contributed by atoms with Gasteiger partial charge < -0.3 is 0 Å². The van der Waals surface area contributed by atoms with Gasteiger partial charge in [0.05, 0.1) is 0 Å². The first-order valence-corrected chi connectivity index (χ1v) is 4.39. The van der Waals surface area contributed by atoms with Gasteiger partial charge in [0.2, 0.25) is 0 Å². The minimum atomic E-state index is -0.0510. The average Bonchev–Trinajstić information content (AvgIpc) is 2.09. The van der Waals surface area contributed by atoms with Crippen LogP contribution in [0.2, 0.25) is 5.02 Å². The summed E-state index contributed by atoms with van der Waals surface area (Å²) in [5.41, 5.74) is 9.23. The van der Waals surface area contributed by atoms with Crippen molar-refractivity contribution in [3.05, 3.63) is 45.3 Å². The Morgan fingerprint density at radius 1 is 1.54 bits per heavy atom. The van der Waals surface area contributed by atoms with Gasteiger partial charge >= 0.3 is 0 Å². The van der Waals surface area contributed by atoms with Gasteiger partial charge in [-0.15, -0.1) is 0 Å². The summed E-state index contributed by atoms with van der Waals surface area (Å²) in [5.74, 6) is 0. The van der Waals surface area contributed by atoms with Gasteiger partial charge in [0.15, 0.2) is 0 Å². The van der Waals surface area contributed by atoms with Crippen molar-refractivity contribution in [2.45, 2.75) is 19.4 Å². The molecule has 0 N–H and O–H groups in total. The highest BCUT2D eigenvalue weighted by molar-refractivity contribution is 6.31. The molecular formula is C9H10ClN3. The van der Waals surface area contributed by atoms with Gasteiger partial charge in [-0.1, -0.05) is 41.8 Å². The SMILES string of the molecule is CC(Cc1ccccc1Cl)N=[N+]=[N-]. The lowest BCUT2D eigenvalue weighted by molar-refractivity contribution is 0.731. The van der Waals surface area contributed by atoms with Gasteiger partial charge in [-0.3, -0.25) is 0 Å². The topological polar surface area (TPSA) is 48.8 Å². The smallest absolute Gasteiger partial charge is 0.0438 e. The third kappa shape index (κ3) is 2.98. The molecule has 3 nitrogen and oxygen atoms in total. The van der Waals surface area contributed by atoms with Crippen LogP contribution in [0.1, 0.15) is 12.5 Å². The number of nitrogens with zero attached hydrogens (tertiary/aromatic N) is 3. The Balaban J connectivity index is 2.74. The first kappa shape index (κ1) is 9.90. The zero-order valence-electron chi connectivity index (χ0n) is 7.31. The molecular weight excluding hydrogens is 186 g/mol. The van der Waals surface area contributed by atoms with Crippen molar-refractivity contribution in [2.24, 2.45) is 5.11 Å². The molecule has 4 heteroatoms. The summed E-state index contributed by atoms with van der Waals surface area (Å²) in [6, 6.07) is 7.52. The molecule has 1 rings (SSSR count). The number of halogens is 1. The molecule has 0 heterocycles. The molecule has 0 radical (unpaired) electrons. The number of azide groups is 1. The monoisotopic (exact) mass is 195 g/mol. The molecule has 13 heavy (non-hydrogen) atoms. The molecule has 0 aromatic heterocycles. The Labute approximate surface area is 82.0 Å². The van der Waals surface area contributed by atoms with E-state index in [9.17, 15) is 0 Å². The molecule has 68 valence electrons. The van der Waals surface area contributed by atoms with Crippen LogP contribution in [0.4, 0.5) is 0 Å². The Bertz CT molecular complexity index is 331. The van der Waals surface area contributed by atoms with Crippen LogP contribution in [-0.2, 0) is 6.42 Å². The molecule has 0 amide bonds. The van der Waals surface area contributed by atoms with Crippen molar-refractivity contribution in [2.75, 3.05) is 0 Å². The predicted molar refractivity (Wildman–Crippen MR) is 53.8 cm³/mol. The van der Waals surface area contributed by atoms with E-state index in [2.05, 4.69) is 10.0 Å². The molecule has 0 aliphatic rings. The third-order valence-electron chi connectivity index (χ3n) is 1.72. The van der Waals surface area contributed by atoms with Crippen molar-refractivity contribution in [1.82, 2.24) is 0 Å². The maximum absolute atomic E-state index is 8.21. The summed E-state index contributed by atoms with van der Waals surface area (Å²) < 4.78 is 0. The zero-order valence-corrected chi connectivity index (χ0v) is 8.07. The fraction of sp³-hybridized carbons (Fsp3) is 0.333. The first-order chi connectivity index (χ1) is 6.24. The summed E-state index contributed by atoms with van der Waals surface area (Å²) in [7, 11) is 0. The number of benzene rings is 1. The molecule has 0 aliphatic carbocycles. The number of rotatable bonds is 3. The van der Waals surface area contributed by atoms with Crippen LogP contribution < -0.4 is 0 Å². The van der Waals surface area contributed by atoms with Crippen LogP contribution in [-0.4, -0.2) is 6.04 Å². The van der Waals surface area contributed by atoms with Crippen LogP contribution >= 0.6 is 11.6 Å². The van der Waals surface area contributed by atoms with E-state index in [-0.39, 0.29) is 6.04 Å². The van der Waals surface area contributed by atoms with Crippen LogP contribution in [0.5, 0.6) is 0 Å². The molecule has 0 saturated heterocycles. The highest BCUT2D eigenvalue weighted by atomic mass is 35.5. The van der Waals surface area contributed by atoms with Crippen molar-refractivity contribution in [3.8, 4) is 0 Å². The first-order valence-electron chi connectivity index (χ1n) is 4.01. The molecule has 0 fully saturated rings. The van der Waals surface area contributed by atoms with Gasteiger partial charge in [-0.05, 0) is 23.6 Å². The van der Waals surface area contributed by atoms with Crippen molar-refractivity contribution >= 4 is 11.6 Å². The molecule has 0 bridgehead atoms. The van der Waals surface area contributed by atoms with Gasteiger partial charge in [0, 0.05) is 16.0 Å². The Hall–Kier alpha value is -1.18. The summed E-state index contributed by atoms with van der Waals surface area (Å²) in [4.78, 5) is 2.74. The lowest BCUT2D eigenvalue weighted by Crippen LogP contribution is -2.01. The summed E-state index contributed by atoms with van der Waals surface area (Å²) >= 11 is 5.93. The second-order valence-electron chi connectivity index (χ2n) is 2.85. The quantitative estimate of drug-likeness (QED) is 0.402. The minimum Gasteiger partial charge on any atom is -0.0906 e. The third-order valence-corrected chi connectivity index (χ3v) is 2.09. The molecule has 1 aromatic rings. The maximum Gasteiger partial charge on any atom is 0.0438 e. The fourth-order valence-electron chi connectivity index (χ4n) is 1.11. The predicted octanol–water partition coefficient (Wildman–Crippen LogP) is 3.58. The summed E-state index contributed by atoms with van der Waals surface area (Å²) in [6.45, 7) is 1.86. The molecule has 0 aliphatic heterocycles. The lowest BCUT2D eigenvalue weighted by atomic mass is 10.1. The second-order valence-corrected chi connectivity index (χ2v) is 3.26. The van der Waals surface area contributed by atoms with Crippen LogP contribution in [0.3, 0.4) is 0 Å². The van der Waals surface area contributed by atoms with Crippen molar-refractivity contribution in [1.29, 1.82) is 0 Å². The van der Waals surface area contributed by atoms with E-state index >= 15 is 0 Å². The van der Waals surface area contributed by atoms with Crippen LogP contribution in [0.15, 0.2) is 29.4 Å². The lowest BCUT2D eigenvalue weighted by Gasteiger charge is -2.05. The average molecular weight is 196 g/mol. The zero-order chi connectivity index (χ0) is 9.68. The number of hydrogen-bond acceptors (Lipinski definition) is 1. The molecule has 0 saturated carbocycles. The van der Waals surface area contributed by atoms with E-state index < -0.39 is 0 Å². The highest BCUT2D eigenvalue weighted by Crippen LogP contribution is 2.17. The van der Waals surface area contributed by atoms with Crippen molar-refractivity contribution < 1.29 is 0 Å². The molecule has 1 unspecified atom stereocenters. The second kappa shape index (κ2) is 4.75. The Morgan fingerprint density at radius 2 is 2.23 bits per heavy atom. The van der Waals surface area contributed by atoms with E-state index in [1.165, 1.54) is 0 Å². The standard InChI is InChI=1S/C9H10ClN3/c1-7(12-13-11)6-8-4-2-3-5-9(8)10/h2-5,7H,6H2,1H3. The largest absolute Gasteiger partial charge is 0.0906 e. The van der Waals surface area contributed by atoms with E-state index in [1.807, 2.05) is 31.2 Å². The van der Waals surface area contributed by atoms with Crippen molar-refractivity contribution in [3.63, 3.8) is 0 Å². The maximum atomic E-state index is 8.21. The van der Waals surface area contributed by atoms with Gasteiger partial charge in [-0.2, -0.15) is 0 Å². The molecule has 1 atom stereocenters. The number of hydrogen-bond donors (Lipinski definition) is 0. The minimum absolute atomic E-state index is 0.0510. The van der Waals surface area contributed by atoms with E-state index in [4.69, 9.17) is 17.1 Å². The van der Waals surface area contributed by atoms with Gasteiger partial charge in [0.25, 0.3) is 0 Å². The molecule has 0 spiro atoms. The Morgan fingerprint density at radius 3 is 2.85 bits per heavy atom. The van der Waals surface area contributed by atoms with E-state index in [0.717, 1.165) is 10.6 Å². The summed E-state index contributed by atoms with van der Waals surface area (Å²) in [5, 5.41) is 4.31. The van der Waals surface area contributed by atoms with E-state index in [0.29, 0.717) is 6.42 Å². The van der Waals surface area contributed by atoms with E-state index in [1.54, 1.807) is 0 Å². The fourth-order valence-corrected chi connectivity index (χ4v) is 1.32. The molecule has 1 aromatic carbocycles. The van der Waals surface area contributed by atoms with Crippen LogP contribution in [0.25, 0.3) is 10.4 Å². The summed E-state index contributed by atoms with van der Waals surface area (Å²) in [6.07, 6.45) is 0.684. The van der Waals surface area contributed by atoms with Gasteiger partial charge in [-0.25, -0.2) is 0 Å². The normalized spacial score (nSPS) is 11.8. The Kier molecular flexibility index (Phi) is 3.62.